The molecule has 0 spiro atoms. The van der Waals surface area contributed by atoms with Gasteiger partial charge in [-0.2, -0.15) is 0 Å². The molecular formula is C9H10ClNO3. The van der Waals surface area contributed by atoms with E-state index in [1.807, 2.05) is 13.8 Å². The lowest BCUT2D eigenvalue weighted by Crippen LogP contribution is -2.19. The Hall–Kier alpha value is -1.29. The van der Waals surface area contributed by atoms with E-state index in [0.29, 0.717) is 5.69 Å². The molecule has 0 radical (unpaired) electrons. The van der Waals surface area contributed by atoms with Crippen LogP contribution in [0, 0.1) is 0 Å². The van der Waals surface area contributed by atoms with Crippen molar-refractivity contribution in [1.29, 1.82) is 0 Å². The molecule has 1 aromatic rings. The minimum atomic E-state index is -1.27. The van der Waals surface area contributed by atoms with Crippen LogP contribution in [-0.4, -0.2) is 16.1 Å². The second kappa shape index (κ2) is 3.84. The number of aromatic amines is 1. The number of H-pyrrole nitrogens is 1. The largest absolute Gasteiger partial charge is 0.477 e. The lowest BCUT2D eigenvalue weighted by atomic mass is 10.1. The molecule has 0 fully saturated rings. The van der Waals surface area contributed by atoms with Gasteiger partial charge in [0.25, 0.3) is 5.56 Å². The molecule has 0 atom stereocenters. The lowest BCUT2D eigenvalue weighted by Gasteiger charge is -2.07. The fourth-order valence-corrected chi connectivity index (χ4v) is 1.47. The third kappa shape index (κ3) is 1.96. The molecule has 0 amide bonds. The number of hydrogen-bond donors (Lipinski definition) is 2. The molecule has 0 bridgehead atoms. The molecule has 0 unspecified atom stereocenters. The van der Waals surface area contributed by atoms with Crippen LogP contribution in [0.25, 0.3) is 0 Å². The molecule has 1 heterocycles. The topological polar surface area (TPSA) is 70.2 Å². The smallest absolute Gasteiger partial charge is 0.341 e. The summed E-state index contributed by atoms with van der Waals surface area (Å²) in [4.78, 5) is 24.3. The SMILES string of the molecule is CC(C)c1[nH]c(=O)c(C(=O)O)cc1Cl. The summed E-state index contributed by atoms with van der Waals surface area (Å²) >= 11 is 5.81. The van der Waals surface area contributed by atoms with Gasteiger partial charge >= 0.3 is 5.97 Å². The second-order valence-electron chi connectivity index (χ2n) is 3.23. The Balaban J connectivity index is 3.39. The molecule has 0 aliphatic heterocycles. The average molecular weight is 216 g/mol. The van der Waals surface area contributed by atoms with E-state index < -0.39 is 11.5 Å². The summed E-state index contributed by atoms with van der Waals surface area (Å²) in [6.07, 6.45) is 0. The number of aromatic nitrogens is 1. The number of carbonyl (C=O) groups is 1. The Labute approximate surface area is 85.5 Å². The van der Waals surface area contributed by atoms with Gasteiger partial charge in [-0.25, -0.2) is 4.79 Å². The molecule has 2 N–H and O–H groups in total. The van der Waals surface area contributed by atoms with Crippen molar-refractivity contribution in [3.63, 3.8) is 0 Å². The summed E-state index contributed by atoms with van der Waals surface area (Å²) < 4.78 is 0. The Kier molecular flexibility index (Phi) is 2.96. The lowest BCUT2D eigenvalue weighted by molar-refractivity contribution is 0.0695. The van der Waals surface area contributed by atoms with Gasteiger partial charge in [0.05, 0.1) is 5.02 Å². The van der Waals surface area contributed by atoms with Crippen molar-refractivity contribution in [3.8, 4) is 0 Å². The van der Waals surface area contributed by atoms with Crippen LogP contribution < -0.4 is 5.56 Å². The third-order valence-electron chi connectivity index (χ3n) is 1.83. The highest BCUT2D eigenvalue weighted by molar-refractivity contribution is 6.31. The summed E-state index contributed by atoms with van der Waals surface area (Å²) in [6, 6.07) is 1.18. The monoisotopic (exact) mass is 215 g/mol. The van der Waals surface area contributed by atoms with Crippen LogP contribution in [-0.2, 0) is 0 Å². The Morgan fingerprint density at radius 2 is 2.14 bits per heavy atom. The molecule has 5 heteroatoms. The predicted molar refractivity (Wildman–Crippen MR) is 53.1 cm³/mol. The maximum absolute atomic E-state index is 11.2. The highest BCUT2D eigenvalue weighted by Crippen LogP contribution is 2.20. The third-order valence-corrected chi connectivity index (χ3v) is 2.14. The summed E-state index contributed by atoms with van der Waals surface area (Å²) in [5.74, 6) is -1.22. The number of rotatable bonds is 2. The number of carboxylic acid groups (broad SMARTS) is 1. The van der Waals surface area contributed by atoms with Gasteiger partial charge < -0.3 is 10.1 Å². The van der Waals surface area contributed by atoms with Crippen molar-refractivity contribution < 1.29 is 9.90 Å². The van der Waals surface area contributed by atoms with Crippen LogP contribution >= 0.6 is 11.6 Å². The zero-order valence-electron chi connectivity index (χ0n) is 7.80. The molecule has 0 aliphatic rings. The number of pyridine rings is 1. The van der Waals surface area contributed by atoms with E-state index in [1.54, 1.807) is 0 Å². The fraction of sp³-hybridized carbons (Fsp3) is 0.333. The van der Waals surface area contributed by atoms with Crippen LogP contribution in [0.2, 0.25) is 5.02 Å². The maximum atomic E-state index is 11.2. The molecule has 0 aromatic carbocycles. The Bertz CT molecular complexity index is 423. The highest BCUT2D eigenvalue weighted by Gasteiger charge is 2.13. The first-order valence-corrected chi connectivity index (χ1v) is 4.47. The van der Waals surface area contributed by atoms with E-state index in [9.17, 15) is 9.59 Å². The van der Waals surface area contributed by atoms with Crippen LogP contribution in [0.3, 0.4) is 0 Å². The quantitative estimate of drug-likeness (QED) is 0.791. The minimum absolute atomic E-state index is 0.0537. The van der Waals surface area contributed by atoms with Crippen LogP contribution in [0.15, 0.2) is 10.9 Å². The number of hydrogen-bond acceptors (Lipinski definition) is 2. The van der Waals surface area contributed by atoms with E-state index in [1.165, 1.54) is 6.07 Å². The van der Waals surface area contributed by atoms with Crippen molar-refractivity contribution in [2.24, 2.45) is 0 Å². The number of aromatic carboxylic acids is 1. The van der Waals surface area contributed by atoms with Crippen LogP contribution in [0.1, 0.15) is 35.8 Å². The van der Waals surface area contributed by atoms with Gasteiger partial charge in [-0.15, -0.1) is 0 Å². The minimum Gasteiger partial charge on any atom is -0.477 e. The molecule has 1 rings (SSSR count). The molecule has 0 saturated carbocycles. The molecule has 14 heavy (non-hydrogen) atoms. The Morgan fingerprint density at radius 1 is 1.57 bits per heavy atom. The standard InChI is InChI=1S/C9H10ClNO3/c1-4(2)7-6(10)3-5(9(13)14)8(12)11-7/h3-4H,1-2H3,(H,11,12)(H,13,14). The van der Waals surface area contributed by atoms with Crippen molar-refractivity contribution in [2.75, 3.05) is 0 Å². The van der Waals surface area contributed by atoms with Gasteiger partial charge in [0, 0.05) is 5.69 Å². The molecule has 76 valence electrons. The predicted octanol–water partition coefficient (Wildman–Crippen LogP) is 1.85. The molecule has 0 aliphatic carbocycles. The number of carboxylic acids is 1. The normalized spacial score (nSPS) is 10.6. The zero-order valence-corrected chi connectivity index (χ0v) is 8.55. The molecule has 0 saturated heterocycles. The first-order valence-electron chi connectivity index (χ1n) is 4.09. The zero-order chi connectivity index (χ0) is 10.9. The summed E-state index contributed by atoms with van der Waals surface area (Å²) in [5, 5.41) is 8.92. The van der Waals surface area contributed by atoms with Gasteiger partial charge in [-0.05, 0) is 12.0 Å². The van der Waals surface area contributed by atoms with Gasteiger partial charge in [0.15, 0.2) is 0 Å². The maximum Gasteiger partial charge on any atom is 0.341 e. The van der Waals surface area contributed by atoms with E-state index in [4.69, 9.17) is 16.7 Å². The van der Waals surface area contributed by atoms with Gasteiger partial charge in [0.2, 0.25) is 0 Å². The average Bonchev–Trinajstić information content (AvgIpc) is 2.07. The first kappa shape index (κ1) is 10.8. The van der Waals surface area contributed by atoms with E-state index in [2.05, 4.69) is 4.98 Å². The van der Waals surface area contributed by atoms with Gasteiger partial charge in [-0.3, -0.25) is 4.79 Å². The van der Waals surface area contributed by atoms with E-state index >= 15 is 0 Å². The molecular weight excluding hydrogens is 206 g/mol. The van der Waals surface area contributed by atoms with E-state index in [-0.39, 0.29) is 16.5 Å². The van der Waals surface area contributed by atoms with Crippen molar-refractivity contribution in [2.45, 2.75) is 19.8 Å². The van der Waals surface area contributed by atoms with Crippen molar-refractivity contribution in [1.82, 2.24) is 4.98 Å². The number of halogens is 1. The summed E-state index contributed by atoms with van der Waals surface area (Å²) in [6.45, 7) is 3.72. The van der Waals surface area contributed by atoms with Crippen LogP contribution in [0.5, 0.6) is 0 Å². The second-order valence-corrected chi connectivity index (χ2v) is 3.64. The van der Waals surface area contributed by atoms with Crippen LogP contribution in [0.4, 0.5) is 0 Å². The molecule has 1 aromatic heterocycles. The van der Waals surface area contributed by atoms with Crippen molar-refractivity contribution >= 4 is 17.6 Å². The van der Waals surface area contributed by atoms with Gasteiger partial charge in [-0.1, -0.05) is 25.4 Å². The molecule has 4 nitrogen and oxygen atoms in total. The van der Waals surface area contributed by atoms with Gasteiger partial charge in [0.1, 0.15) is 5.56 Å². The highest BCUT2D eigenvalue weighted by atomic mass is 35.5. The first-order chi connectivity index (χ1) is 6.43. The summed E-state index contributed by atoms with van der Waals surface area (Å²) in [5.41, 5.74) is -0.397. The number of nitrogens with one attached hydrogen (secondary N) is 1. The van der Waals surface area contributed by atoms with Crippen molar-refractivity contribution in [3.05, 3.63) is 32.7 Å². The van der Waals surface area contributed by atoms with E-state index in [0.717, 1.165) is 0 Å². The summed E-state index contributed by atoms with van der Waals surface area (Å²) in [7, 11) is 0. The Morgan fingerprint density at radius 3 is 2.57 bits per heavy atom. The fourth-order valence-electron chi connectivity index (χ4n) is 1.10.